The number of rotatable bonds is 10. The molecule has 0 saturated heterocycles. The van der Waals surface area contributed by atoms with Gasteiger partial charge in [0, 0.05) is 56.4 Å². The lowest BCUT2D eigenvalue weighted by molar-refractivity contribution is 0.332. The molecular formula is C96H90B2N10. The van der Waals surface area contributed by atoms with Crippen LogP contribution in [0.3, 0.4) is 0 Å². The molecule has 2 aromatic heterocycles. The van der Waals surface area contributed by atoms with E-state index >= 15 is 0 Å². The Labute approximate surface area is 637 Å². The first-order chi connectivity index (χ1) is 52.1. The number of para-hydroxylation sites is 8. The molecule has 12 heteroatoms. The molecule has 0 unspecified atom stereocenters. The summed E-state index contributed by atoms with van der Waals surface area (Å²) in [6.07, 6.45) is 4.42. The van der Waals surface area contributed by atoms with E-state index in [9.17, 15) is 0 Å². The maximum absolute atomic E-state index is 6.22. The smallest absolute Gasteiger partial charge is 0.256 e. The van der Waals surface area contributed by atoms with Crippen LogP contribution in [0, 0.1) is 41.5 Å². The Morgan fingerprint density at radius 1 is 0.278 bits per heavy atom. The number of anilines is 18. The molecule has 0 radical (unpaired) electrons. The molecule has 19 rings (SSSR count). The fourth-order valence-electron chi connectivity index (χ4n) is 19.2. The number of hydrogen-bond donors (Lipinski definition) is 0. The van der Waals surface area contributed by atoms with Crippen LogP contribution in [0.25, 0.3) is 0 Å². The minimum Gasteiger partial charge on any atom is -0.296 e. The summed E-state index contributed by atoms with van der Waals surface area (Å²) in [5.41, 5.74) is 31.4. The topological polar surface area (TPSA) is 71.0 Å². The van der Waals surface area contributed by atoms with E-state index in [0.717, 1.165) is 172 Å². The van der Waals surface area contributed by atoms with Gasteiger partial charge in [-0.2, -0.15) is 19.9 Å². The van der Waals surface area contributed by atoms with Crippen molar-refractivity contribution in [3.05, 3.63) is 298 Å². The number of hydrogen-bond acceptors (Lipinski definition) is 10. The minimum absolute atomic E-state index is 0.00859. The average Bonchev–Trinajstić information content (AvgIpc) is 0.680. The first-order valence-electron chi connectivity index (χ1n) is 38.7. The van der Waals surface area contributed by atoms with Gasteiger partial charge in [-0.3, -0.25) is 29.4 Å². The zero-order chi connectivity index (χ0) is 74.2. The Hall–Kier alpha value is -11.5. The standard InChI is InChI=1S/C96H90B2N10/c1-59-31-21-25-43-77(59)107(85-61(3)33-29-34-62(85)4)91-99-87-83-89(101-91)105(67-47-49-69-71(55-67)95(11,12)53-51-93(69,7)8)79-45-27-23-41-73(79)97(83)75-57-76-82(58-81(75)103(87)65-37-17-15-18-38-65)104(66-39-19-16-20-40-66)88-84-90(102-92(100-88)108(78-44-26-22-32-60(78)2)86-63(5)35-30-36-64(86)6)106(80-46-28-24-42-74(80)98(76)84)68-48-50-70-72(56-68)96(13,14)54-52-94(70,9)10/h15-50,55-58H,51-54H2,1-14H3. The van der Waals surface area contributed by atoms with Crippen LogP contribution in [-0.2, 0) is 21.7 Å². The molecule has 0 amide bonds. The largest absolute Gasteiger partial charge is 0.296 e. The van der Waals surface area contributed by atoms with E-state index in [-0.39, 0.29) is 35.1 Å². The average molecular weight is 1410 g/mol. The lowest BCUT2D eigenvalue weighted by Crippen LogP contribution is -2.65. The molecule has 0 atom stereocenters. The van der Waals surface area contributed by atoms with Crippen molar-refractivity contribution in [2.45, 2.75) is 144 Å². The summed E-state index contributed by atoms with van der Waals surface area (Å²) in [5, 5.41) is 0. The van der Waals surface area contributed by atoms with Crippen LogP contribution in [-0.4, -0.2) is 33.4 Å². The van der Waals surface area contributed by atoms with Gasteiger partial charge in [0.1, 0.15) is 23.3 Å². The van der Waals surface area contributed by atoms with Crippen LogP contribution in [0.5, 0.6) is 0 Å². The van der Waals surface area contributed by atoms with E-state index in [2.05, 4.69) is 369 Å². The fraction of sp³-hybridized carbons (Fsp3) is 0.229. The minimum atomic E-state index is -0.347. The second-order valence-electron chi connectivity index (χ2n) is 33.9. The summed E-state index contributed by atoms with van der Waals surface area (Å²) >= 11 is 0. The van der Waals surface area contributed by atoms with E-state index < -0.39 is 0 Å². The second-order valence-corrected chi connectivity index (χ2v) is 33.9. The molecule has 6 heterocycles. The number of nitrogens with zero attached hydrogens (tertiary/aromatic N) is 10. The van der Waals surface area contributed by atoms with Crippen LogP contribution in [0.15, 0.2) is 243 Å². The monoisotopic (exact) mass is 1400 g/mol. The van der Waals surface area contributed by atoms with Crippen LogP contribution >= 0.6 is 0 Å². The van der Waals surface area contributed by atoms with Gasteiger partial charge >= 0.3 is 0 Å². The van der Waals surface area contributed by atoms with Gasteiger partial charge in [0.05, 0.1) is 22.7 Å². The highest BCUT2D eigenvalue weighted by molar-refractivity contribution is 7.03. The lowest BCUT2D eigenvalue weighted by atomic mass is 9.30. The number of benzene rings is 11. The van der Waals surface area contributed by atoms with Gasteiger partial charge in [-0.15, -0.1) is 0 Å². The zero-order valence-electron chi connectivity index (χ0n) is 64.5. The molecule has 0 N–H and O–H groups in total. The Bertz CT molecular complexity index is 5490. The molecule has 0 fully saturated rings. The van der Waals surface area contributed by atoms with Crippen molar-refractivity contribution in [1.29, 1.82) is 0 Å². The van der Waals surface area contributed by atoms with Crippen molar-refractivity contribution in [3.63, 3.8) is 0 Å². The van der Waals surface area contributed by atoms with Crippen molar-refractivity contribution in [2.24, 2.45) is 0 Å². The van der Waals surface area contributed by atoms with Crippen molar-refractivity contribution < 1.29 is 0 Å². The van der Waals surface area contributed by atoms with Gasteiger partial charge in [-0.1, -0.05) is 219 Å². The van der Waals surface area contributed by atoms with Gasteiger partial charge < -0.3 is 0 Å². The third kappa shape index (κ3) is 10.2. The molecule has 6 aliphatic rings. The maximum Gasteiger partial charge on any atom is 0.256 e. The van der Waals surface area contributed by atoms with Gasteiger partial charge in [0.15, 0.2) is 0 Å². The van der Waals surface area contributed by atoms with Crippen molar-refractivity contribution in [3.8, 4) is 0 Å². The molecule has 0 bridgehead atoms. The number of aromatic nitrogens is 4. The summed E-state index contributed by atoms with van der Waals surface area (Å²) in [6, 6.07) is 90.6. The van der Waals surface area contributed by atoms with E-state index in [1.165, 1.54) is 33.2 Å². The summed E-state index contributed by atoms with van der Waals surface area (Å²) in [5.74, 6) is 4.47. The Morgan fingerprint density at radius 3 is 0.963 bits per heavy atom. The quantitative estimate of drug-likeness (QED) is 0.124. The summed E-state index contributed by atoms with van der Waals surface area (Å²) in [4.78, 5) is 39.4. The molecule has 0 saturated carbocycles. The highest BCUT2D eigenvalue weighted by Gasteiger charge is 2.52. The SMILES string of the molecule is Cc1ccccc1N(c1nc2c3c(n1)N(c1ccccc1)c1cc4c(cc1B3c1ccccc1N2c1ccc2c(c1)C(C)(C)CCC2(C)C)B1c2ccccc2N(c2ccc3c(c2)C(C)(C)CCC3(C)C)c2nc(N(c3ccccc3C)c3c(C)cccc3C)nc(c21)N4c1ccccc1)c1c(C)cccc1C. The summed E-state index contributed by atoms with van der Waals surface area (Å²) < 4.78 is 0. The first kappa shape index (κ1) is 67.1. The molecule has 2 aliphatic carbocycles. The molecule has 13 aromatic rings. The summed E-state index contributed by atoms with van der Waals surface area (Å²) in [6.45, 7) is 32.0. The van der Waals surface area contributed by atoms with Gasteiger partial charge in [-0.05, 0) is 245 Å². The van der Waals surface area contributed by atoms with Gasteiger partial charge in [0.25, 0.3) is 13.4 Å². The van der Waals surface area contributed by atoms with Crippen LogP contribution in [0.1, 0.15) is 137 Å². The molecule has 530 valence electrons. The Kier molecular flexibility index (Phi) is 15.2. The molecule has 4 aliphatic heterocycles. The Balaban J connectivity index is 0.941. The maximum atomic E-state index is 6.22. The predicted molar refractivity (Wildman–Crippen MR) is 454 cm³/mol. The predicted octanol–water partition coefficient (Wildman–Crippen LogP) is 20.9. The van der Waals surface area contributed by atoms with Crippen LogP contribution in [0.2, 0.25) is 0 Å². The van der Waals surface area contributed by atoms with Gasteiger partial charge in [0.2, 0.25) is 11.9 Å². The van der Waals surface area contributed by atoms with E-state index in [4.69, 9.17) is 19.9 Å². The fourth-order valence-corrected chi connectivity index (χ4v) is 19.2. The van der Waals surface area contributed by atoms with E-state index in [0.29, 0.717) is 11.9 Å². The highest BCUT2D eigenvalue weighted by Crippen LogP contribution is 2.55. The van der Waals surface area contributed by atoms with Crippen molar-refractivity contribution >= 4 is 150 Å². The third-order valence-corrected chi connectivity index (χ3v) is 25.1. The molecule has 108 heavy (non-hydrogen) atoms. The highest BCUT2D eigenvalue weighted by atomic mass is 15.4. The van der Waals surface area contributed by atoms with E-state index in [1.54, 1.807) is 0 Å². The van der Waals surface area contributed by atoms with Gasteiger partial charge in [-0.25, -0.2) is 0 Å². The van der Waals surface area contributed by atoms with Crippen LogP contribution in [0.4, 0.5) is 103 Å². The van der Waals surface area contributed by atoms with E-state index in [1.807, 2.05) is 0 Å². The van der Waals surface area contributed by atoms with Crippen molar-refractivity contribution in [2.75, 3.05) is 29.4 Å². The lowest BCUT2D eigenvalue weighted by Gasteiger charge is -2.47. The van der Waals surface area contributed by atoms with Crippen LogP contribution < -0.4 is 62.2 Å². The first-order valence-corrected chi connectivity index (χ1v) is 38.7. The third-order valence-electron chi connectivity index (χ3n) is 25.1. The molecule has 11 aromatic carbocycles. The Morgan fingerprint density at radius 2 is 0.593 bits per heavy atom. The molecule has 10 nitrogen and oxygen atoms in total. The van der Waals surface area contributed by atoms with Crippen molar-refractivity contribution in [1.82, 2.24) is 19.9 Å². The number of fused-ring (bicyclic) bond motifs is 10. The number of aryl methyl sites for hydroxylation is 6. The normalized spacial score (nSPS) is 16.1. The zero-order valence-corrected chi connectivity index (χ0v) is 64.5. The second kappa shape index (κ2) is 24.5. The molecule has 0 spiro atoms. The molecular weight excluding hydrogens is 1310 g/mol. The summed E-state index contributed by atoms with van der Waals surface area (Å²) in [7, 11) is 0.